The second kappa shape index (κ2) is 14.9. The number of amides is 2. The molecule has 0 aliphatic carbocycles. The van der Waals surface area contributed by atoms with Crippen LogP contribution in [0.15, 0.2) is 85.2 Å². The zero-order chi connectivity index (χ0) is 27.1. The average molecular weight is 532 g/mol. The summed E-state index contributed by atoms with van der Waals surface area (Å²) in [5.74, 6) is 0. The summed E-state index contributed by atoms with van der Waals surface area (Å²) in [5, 5.41) is 22.6. The molecule has 4 aromatic rings. The van der Waals surface area contributed by atoms with E-state index in [9.17, 15) is 9.59 Å². The molecule has 2 aromatic heterocycles. The number of rotatable bonds is 14. The molecule has 11 nitrogen and oxygen atoms in total. The molecule has 0 aliphatic rings. The molecule has 39 heavy (non-hydrogen) atoms. The van der Waals surface area contributed by atoms with Crippen LogP contribution in [0.5, 0.6) is 0 Å². The minimum Gasteiger partial charge on any atom is -0.443 e. The fraction of sp³-hybridized carbons (Fsp3) is 0.286. The van der Waals surface area contributed by atoms with Gasteiger partial charge in [-0.05, 0) is 36.1 Å². The summed E-state index contributed by atoms with van der Waals surface area (Å²) >= 11 is 0. The van der Waals surface area contributed by atoms with Crippen LogP contribution in [0, 0.1) is 0 Å². The zero-order valence-corrected chi connectivity index (χ0v) is 21.5. The van der Waals surface area contributed by atoms with Crippen LogP contribution in [0.25, 0.3) is 0 Å². The Morgan fingerprint density at radius 3 is 1.49 bits per heavy atom. The van der Waals surface area contributed by atoms with E-state index in [1.165, 1.54) is 0 Å². The normalized spacial score (nSPS) is 12.3. The first-order chi connectivity index (χ1) is 19.1. The van der Waals surface area contributed by atoms with Crippen LogP contribution < -0.4 is 16.0 Å². The van der Waals surface area contributed by atoms with E-state index in [2.05, 4.69) is 36.3 Å². The van der Waals surface area contributed by atoms with E-state index >= 15 is 0 Å². The Morgan fingerprint density at radius 2 is 1.10 bits per heavy atom. The molecule has 0 unspecified atom stereocenters. The Balaban J connectivity index is 1.32. The monoisotopic (exact) mass is 531 g/mol. The first kappa shape index (κ1) is 27.4. The number of hydrogen-bond donors (Lipinski definition) is 5. The van der Waals surface area contributed by atoms with Crippen molar-refractivity contribution in [2.45, 2.75) is 38.1 Å². The van der Waals surface area contributed by atoms with Crippen molar-refractivity contribution in [2.75, 3.05) is 13.1 Å². The molecule has 2 heterocycles. The van der Waals surface area contributed by atoms with Crippen LogP contribution in [-0.2, 0) is 35.5 Å². The predicted octanol–water partition coefficient (Wildman–Crippen LogP) is 3.10. The van der Waals surface area contributed by atoms with E-state index < -0.39 is 12.2 Å². The number of carbonyl (C=O) groups is 2. The van der Waals surface area contributed by atoms with Gasteiger partial charge in [0.25, 0.3) is 0 Å². The first-order valence-electron chi connectivity index (χ1n) is 12.8. The third-order valence-corrected chi connectivity index (χ3v) is 5.91. The summed E-state index contributed by atoms with van der Waals surface area (Å²) in [6.45, 7) is 1.12. The van der Waals surface area contributed by atoms with Gasteiger partial charge in [0.2, 0.25) is 0 Å². The van der Waals surface area contributed by atoms with Gasteiger partial charge >= 0.3 is 12.2 Å². The van der Waals surface area contributed by atoms with Gasteiger partial charge in [-0.15, -0.1) is 0 Å². The Labute approximate surface area is 226 Å². The van der Waals surface area contributed by atoms with Crippen molar-refractivity contribution < 1.29 is 19.1 Å². The second-order valence-corrected chi connectivity index (χ2v) is 9.04. The van der Waals surface area contributed by atoms with Gasteiger partial charge < -0.3 is 25.4 Å². The van der Waals surface area contributed by atoms with Gasteiger partial charge in [-0.25, -0.2) is 9.59 Å². The van der Waals surface area contributed by atoms with Crippen LogP contribution in [-0.4, -0.2) is 57.8 Å². The van der Waals surface area contributed by atoms with Gasteiger partial charge in [0.05, 0.1) is 11.4 Å². The maximum Gasteiger partial charge on any atom is 0.407 e. The van der Waals surface area contributed by atoms with Crippen molar-refractivity contribution in [3.05, 3.63) is 108 Å². The highest BCUT2D eigenvalue weighted by atomic mass is 16.6. The molecular formula is C28H33N7O4. The molecule has 0 bridgehead atoms. The fourth-order valence-corrected chi connectivity index (χ4v) is 4.01. The van der Waals surface area contributed by atoms with E-state index in [-0.39, 0.29) is 25.3 Å². The Kier molecular flexibility index (Phi) is 10.5. The highest BCUT2D eigenvalue weighted by Crippen LogP contribution is 2.06. The molecule has 0 fully saturated rings. The van der Waals surface area contributed by atoms with Gasteiger partial charge in [-0.3, -0.25) is 10.2 Å². The lowest BCUT2D eigenvalue weighted by molar-refractivity contribution is 0.133. The van der Waals surface area contributed by atoms with Gasteiger partial charge in [0, 0.05) is 37.6 Å². The van der Waals surface area contributed by atoms with Crippen molar-refractivity contribution >= 4 is 12.2 Å². The Bertz CT molecular complexity index is 1140. The number of ether oxygens (including phenoxy) is 2. The topological polar surface area (TPSA) is 146 Å². The maximum absolute atomic E-state index is 12.5. The first-order valence-corrected chi connectivity index (χ1v) is 12.8. The van der Waals surface area contributed by atoms with Gasteiger partial charge in [-0.2, -0.15) is 10.2 Å². The quantitative estimate of drug-likeness (QED) is 0.168. The number of H-pyrrole nitrogens is 2. The van der Waals surface area contributed by atoms with Gasteiger partial charge in [-0.1, -0.05) is 60.7 Å². The highest BCUT2D eigenvalue weighted by Gasteiger charge is 2.18. The molecule has 204 valence electrons. The molecule has 5 N–H and O–H groups in total. The molecule has 2 aromatic carbocycles. The number of nitrogens with one attached hydrogen (secondary N) is 5. The number of aromatic nitrogens is 4. The zero-order valence-electron chi connectivity index (χ0n) is 21.5. The molecule has 0 spiro atoms. The molecule has 0 aliphatic heterocycles. The van der Waals surface area contributed by atoms with E-state index in [0.717, 1.165) is 11.1 Å². The van der Waals surface area contributed by atoms with E-state index in [0.29, 0.717) is 37.3 Å². The van der Waals surface area contributed by atoms with Crippen LogP contribution in [0.3, 0.4) is 0 Å². The van der Waals surface area contributed by atoms with Crippen LogP contribution in [0.2, 0.25) is 0 Å². The number of benzene rings is 2. The summed E-state index contributed by atoms with van der Waals surface area (Å²) in [7, 11) is 0. The van der Waals surface area contributed by atoms with Crippen molar-refractivity contribution in [1.82, 2.24) is 36.3 Å². The summed E-state index contributed by atoms with van der Waals surface area (Å²) in [4.78, 5) is 25.0. The number of nitrogens with zero attached hydrogens (tertiary/aromatic N) is 2. The molecular weight excluding hydrogens is 498 g/mol. The van der Waals surface area contributed by atoms with Crippen molar-refractivity contribution in [3.63, 3.8) is 0 Å². The molecule has 0 saturated heterocycles. The minimum atomic E-state index is -0.520. The lowest BCUT2D eigenvalue weighted by Crippen LogP contribution is -2.48. The molecule has 0 radical (unpaired) electrons. The summed E-state index contributed by atoms with van der Waals surface area (Å²) in [5.41, 5.74) is 3.58. The maximum atomic E-state index is 12.5. The summed E-state index contributed by atoms with van der Waals surface area (Å²) in [6, 6.07) is 22.8. The van der Waals surface area contributed by atoms with Crippen LogP contribution in [0.1, 0.15) is 22.5 Å². The largest absolute Gasteiger partial charge is 0.443 e. The minimum absolute atomic E-state index is 0.0983. The summed E-state index contributed by atoms with van der Waals surface area (Å²) in [6.07, 6.45) is 3.38. The average Bonchev–Trinajstić information content (AvgIpc) is 3.67. The third-order valence-electron chi connectivity index (χ3n) is 5.91. The van der Waals surface area contributed by atoms with Gasteiger partial charge in [0.15, 0.2) is 0 Å². The second-order valence-electron chi connectivity index (χ2n) is 9.04. The SMILES string of the molecule is O=C(N[C@H](CNC[C@H](Cc1ccccc1)NC(=O)OCc1ccn[nH]1)Cc1ccccc1)OCc1ccn[nH]1. The smallest absolute Gasteiger partial charge is 0.407 e. The lowest BCUT2D eigenvalue weighted by Gasteiger charge is -2.23. The molecule has 2 atom stereocenters. The van der Waals surface area contributed by atoms with Crippen LogP contribution in [0.4, 0.5) is 9.59 Å². The van der Waals surface area contributed by atoms with Crippen molar-refractivity contribution in [1.29, 1.82) is 0 Å². The van der Waals surface area contributed by atoms with Crippen LogP contribution >= 0.6 is 0 Å². The Morgan fingerprint density at radius 1 is 0.667 bits per heavy atom. The number of hydrogen-bond acceptors (Lipinski definition) is 7. The Hall–Kier alpha value is -4.64. The highest BCUT2D eigenvalue weighted by molar-refractivity contribution is 5.68. The number of carbonyl (C=O) groups excluding carboxylic acids is 2. The lowest BCUT2D eigenvalue weighted by atomic mass is 10.0. The van der Waals surface area contributed by atoms with Crippen molar-refractivity contribution in [3.8, 4) is 0 Å². The molecule has 0 saturated carbocycles. The standard InChI is InChI=1S/C28H33N7O4/c36-27(38-19-23-11-13-30-34-23)32-25(15-21-7-3-1-4-8-21)17-29-18-26(16-22-9-5-2-6-10-22)33-28(37)39-20-24-12-14-31-35-24/h1-14,25-26,29H,15-20H2,(H,30,34)(H,31,35)(H,32,36)(H,33,37)/t25-,26-/m0/s1. The van der Waals surface area contributed by atoms with E-state index in [1.807, 2.05) is 60.7 Å². The number of alkyl carbamates (subject to hydrolysis) is 2. The fourth-order valence-electron chi connectivity index (χ4n) is 4.01. The van der Waals surface area contributed by atoms with E-state index in [4.69, 9.17) is 9.47 Å². The van der Waals surface area contributed by atoms with E-state index in [1.54, 1.807) is 24.5 Å². The van der Waals surface area contributed by atoms with Crippen molar-refractivity contribution in [2.24, 2.45) is 0 Å². The number of aromatic amines is 2. The third kappa shape index (κ3) is 9.97. The molecule has 4 rings (SSSR count). The van der Waals surface area contributed by atoms with Gasteiger partial charge in [0.1, 0.15) is 13.2 Å². The molecule has 2 amide bonds. The molecule has 11 heteroatoms. The predicted molar refractivity (Wildman–Crippen MR) is 145 cm³/mol. The summed E-state index contributed by atoms with van der Waals surface area (Å²) < 4.78 is 10.7.